The fraction of sp³-hybridized carbons (Fsp3) is 0.400. The first-order chi connectivity index (χ1) is 8.42. The first kappa shape index (κ1) is 14.1. The number of carbonyl (C=O) groups excluding carboxylic acids is 1. The van der Waals surface area contributed by atoms with Crippen molar-refractivity contribution in [3.05, 3.63) is 29.8 Å². The third kappa shape index (κ3) is 4.92. The summed E-state index contributed by atoms with van der Waals surface area (Å²) in [5.41, 5.74) is 0.163. The van der Waals surface area contributed by atoms with Crippen molar-refractivity contribution in [1.82, 2.24) is 0 Å². The Labute approximate surface area is 108 Å². The molecule has 3 heteroatoms. The Morgan fingerprint density at radius 2 is 1.94 bits per heavy atom. The Bertz CT molecular complexity index is 472. The standard InChI is InChI=1S/C15H18O3/c1-5-17-13-9-7-6-8-12(13)10-11-14(16)18-15(2,3)4/h6-9H,5H2,1-4H3. The normalized spacial score (nSPS) is 10.2. The third-order valence-corrected chi connectivity index (χ3v) is 1.89. The Hall–Kier alpha value is -1.95. The SMILES string of the molecule is CCOc1ccccc1C#CC(=O)OC(C)(C)C. The van der Waals surface area contributed by atoms with Crippen molar-refractivity contribution in [1.29, 1.82) is 0 Å². The quantitative estimate of drug-likeness (QED) is 0.594. The minimum absolute atomic E-state index is 0.523. The van der Waals surface area contributed by atoms with E-state index in [0.29, 0.717) is 17.9 Å². The molecule has 1 aromatic rings. The van der Waals surface area contributed by atoms with E-state index in [2.05, 4.69) is 11.8 Å². The van der Waals surface area contributed by atoms with Gasteiger partial charge in [0.1, 0.15) is 11.4 Å². The predicted octanol–water partition coefficient (Wildman–Crippen LogP) is 2.78. The smallest absolute Gasteiger partial charge is 0.385 e. The number of benzene rings is 1. The minimum atomic E-state index is -0.534. The average molecular weight is 246 g/mol. The highest BCUT2D eigenvalue weighted by Gasteiger charge is 2.14. The molecule has 1 rings (SSSR count). The van der Waals surface area contributed by atoms with Crippen LogP contribution in [0.15, 0.2) is 24.3 Å². The first-order valence-corrected chi connectivity index (χ1v) is 5.89. The van der Waals surface area contributed by atoms with Crippen LogP contribution in [-0.4, -0.2) is 18.2 Å². The summed E-state index contributed by atoms with van der Waals surface area (Å²) < 4.78 is 10.5. The summed E-state index contributed by atoms with van der Waals surface area (Å²) in [6, 6.07) is 7.34. The second-order valence-corrected chi connectivity index (χ2v) is 4.68. The Kier molecular flexibility index (Phi) is 4.79. The zero-order chi connectivity index (χ0) is 13.6. The maximum atomic E-state index is 11.5. The highest BCUT2D eigenvalue weighted by atomic mass is 16.6. The molecule has 18 heavy (non-hydrogen) atoms. The van der Waals surface area contributed by atoms with E-state index < -0.39 is 11.6 Å². The minimum Gasteiger partial charge on any atom is -0.493 e. The Morgan fingerprint density at radius 1 is 1.28 bits per heavy atom. The van der Waals surface area contributed by atoms with Gasteiger partial charge >= 0.3 is 5.97 Å². The molecular formula is C15H18O3. The molecule has 0 N–H and O–H groups in total. The largest absolute Gasteiger partial charge is 0.493 e. The molecule has 0 radical (unpaired) electrons. The van der Waals surface area contributed by atoms with E-state index >= 15 is 0 Å². The molecule has 0 unspecified atom stereocenters. The van der Waals surface area contributed by atoms with Crippen LogP contribution in [0.3, 0.4) is 0 Å². The van der Waals surface area contributed by atoms with Crippen LogP contribution in [0.2, 0.25) is 0 Å². The highest BCUT2D eigenvalue weighted by Crippen LogP contribution is 2.16. The fourth-order valence-corrected chi connectivity index (χ4v) is 1.27. The van der Waals surface area contributed by atoms with Crippen LogP contribution in [0.4, 0.5) is 0 Å². The maximum Gasteiger partial charge on any atom is 0.385 e. The zero-order valence-corrected chi connectivity index (χ0v) is 11.2. The van der Waals surface area contributed by atoms with Crippen molar-refractivity contribution < 1.29 is 14.3 Å². The van der Waals surface area contributed by atoms with E-state index in [-0.39, 0.29) is 0 Å². The third-order valence-electron chi connectivity index (χ3n) is 1.89. The second kappa shape index (κ2) is 6.11. The fourth-order valence-electron chi connectivity index (χ4n) is 1.27. The van der Waals surface area contributed by atoms with Gasteiger partial charge in [0.15, 0.2) is 0 Å². The number of ether oxygens (including phenoxy) is 2. The van der Waals surface area contributed by atoms with Gasteiger partial charge < -0.3 is 9.47 Å². The van der Waals surface area contributed by atoms with Gasteiger partial charge in [0.25, 0.3) is 0 Å². The Balaban J connectivity index is 2.82. The maximum absolute atomic E-state index is 11.5. The molecule has 1 aromatic carbocycles. The van der Waals surface area contributed by atoms with Crippen molar-refractivity contribution >= 4 is 5.97 Å². The molecule has 0 heterocycles. The van der Waals surface area contributed by atoms with Gasteiger partial charge in [-0.15, -0.1) is 0 Å². The van der Waals surface area contributed by atoms with Crippen molar-refractivity contribution in [2.24, 2.45) is 0 Å². The average Bonchev–Trinajstić information content (AvgIpc) is 2.26. The van der Waals surface area contributed by atoms with E-state index in [9.17, 15) is 4.79 Å². The van der Waals surface area contributed by atoms with Crippen LogP contribution in [0, 0.1) is 11.8 Å². The molecule has 0 aliphatic rings. The van der Waals surface area contributed by atoms with E-state index in [4.69, 9.17) is 9.47 Å². The molecule has 0 saturated heterocycles. The number of hydrogen-bond donors (Lipinski definition) is 0. The summed E-state index contributed by atoms with van der Waals surface area (Å²) in [6.45, 7) is 7.88. The molecule has 0 amide bonds. The van der Waals surface area contributed by atoms with Gasteiger partial charge in [-0.3, -0.25) is 0 Å². The predicted molar refractivity (Wildman–Crippen MR) is 70.3 cm³/mol. The van der Waals surface area contributed by atoms with Gasteiger partial charge in [-0.05, 0) is 39.8 Å². The molecule has 0 bridgehead atoms. The van der Waals surface area contributed by atoms with Crippen LogP contribution in [-0.2, 0) is 9.53 Å². The van der Waals surface area contributed by atoms with Crippen LogP contribution < -0.4 is 4.74 Å². The monoisotopic (exact) mass is 246 g/mol. The summed E-state index contributed by atoms with van der Waals surface area (Å²) in [5.74, 6) is 5.38. The van der Waals surface area contributed by atoms with Crippen LogP contribution >= 0.6 is 0 Å². The van der Waals surface area contributed by atoms with Gasteiger partial charge in [-0.1, -0.05) is 18.1 Å². The van der Waals surface area contributed by atoms with Crippen LogP contribution in [0.25, 0.3) is 0 Å². The lowest BCUT2D eigenvalue weighted by Gasteiger charge is -2.16. The molecule has 96 valence electrons. The molecule has 0 aromatic heterocycles. The van der Waals surface area contributed by atoms with Crippen molar-refractivity contribution in [3.63, 3.8) is 0 Å². The van der Waals surface area contributed by atoms with Crippen molar-refractivity contribution in [3.8, 4) is 17.6 Å². The second-order valence-electron chi connectivity index (χ2n) is 4.68. The summed E-state index contributed by atoms with van der Waals surface area (Å²) >= 11 is 0. The number of para-hydroxylation sites is 1. The molecule has 0 aliphatic carbocycles. The summed E-state index contributed by atoms with van der Waals surface area (Å²) in [7, 11) is 0. The molecule has 0 aliphatic heterocycles. The van der Waals surface area contributed by atoms with E-state index in [1.54, 1.807) is 20.8 Å². The van der Waals surface area contributed by atoms with Crippen LogP contribution in [0.1, 0.15) is 33.3 Å². The Morgan fingerprint density at radius 3 is 2.56 bits per heavy atom. The number of carbonyl (C=O) groups is 1. The van der Waals surface area contributed by atoms with Crippen molar-refractivity contribution in [2.75, 3.05) is 6.61 Å². The molecule has 0 fully saturated rings. The van der Waals surface area contributed by atoms with E-state index in [1.807, 2.05) is 31.2 Å². The van der Waals surface area contributed by atoms with Crippen LogP contribution in [0.5, 0.6) is 5.75 Å². The summed E-state index contributed by atoms with van der Waals surface area (Å²) in [4.78, 5) is 11.5. The van der Waals surface area contributed by atoms with E-state index in [0.717, 1.165) is 0 Å². The number of hydrogen-bond acceptors (Lipinski definition) is 3. The molecule has 0 atom stereocenters. The summed E-state index contributed by atoms with van der Waals surface area (Å²) in [5, 5.41) is 0. The number of rotatable bonds is 2. The topological polar surface area (TPSA) is 35.5 Å². The molecule has 0 spiro atoms. The molecule has 3 nitrogen and oxygen atoms in total. The lowest BCUT2D eigenvalue weighted by atomic mass is 10.2. The molecule has 0 saturated carbocycles. The first-order valence-electron chi connectivity index (χ1n) is 5.89. The van der Waals surface area contributed by atoms with Gasteiger partial charge in [-0.25, -0.2) is 4.79 Å². The lowest BCUT2D eigenvalue weighted by Crippen LogP contribution is -2.22. The van der Waals surface area contributed by atoms with Gasteiger partial charge in [0.2, 0.25) is 0 Å². The lowest BCUT2D eigenvalue weighted by molar-refractivity contribution is -0.147. The zero-order valence-electron chi connectivity index (χ0n) is 11.2. The van der Waals surface area contributed by atoms with Gasteiger partial charge in [-0.2, -0.15) is 0 Å². The van der Waals surface area contributed by atoms with Crippen molar-refractivity contribution in [2.45, 2.75) is 33.3 Å². The summed E-state index contributed by atoms with van der Waals surface area (Å²) in [6.07, 6.45) is 0. The molecular weight excluding hydrogens is 228 g/mol. The number of esters is 1. The highest BCUT2D eigenvalue weighted by molar-refractivity contribution is 5.89. The van der Waals surface area contributed by atoms with Gasteiger partial charge in [0, 0.05) is 5.92 Å². The van der Waals surface area contributed by atoms with Gasteiger partial charge in [0.05, 0.1) is 12.2 Å². The van der Waals surface area contributed by atoms with E-state index in [1.165, 1.54) is 0 Å².